The molecule has 0 bridgehead atoms. The molecule has 0 aliphatic carbocycles. The Bertz CT molecular complexity index is 868. The summed E-state index contributed by atoms with van der Waals surface area (Å²) in [6, 6.07) is 7.88. The van der Waals surface area contributed by atoms with Gasteiger partial charge in [0.05, 0.1) is 17.7 Å². The molecule has 0 saturated carbocycles. The Hall–Kier alpha value is -2.60. The average molecular weight is 324 g/mol. The summed E-state index contributed by atoms with van der Waals surface area (Å²) < 4.78 is 7.50. The Balaban J connectivity index is 1.74. The summed E-state index contributed by atoms with van der Waals surface area (Å²) in [6.07, 6.45) is 6.19. The molecule has 0 spiro atoms. The number of hydrogen-bond acceptors (Lipinski definition) is 3. The van der Waals surface area contributed by atoms with Crippen molar-refractivity contribution in [2.75, 3.05) is 13.7 Å². The van der Waals surface area contributed by atoms with E-state index in [1.165, 1.54) is 0 Å². The molecular formula is C18H20N4O2. The van der Waals surface area contributed by atoms with E-state index in [-0.39, 0.29) is 18.1 Å². The van der Waals surface area contributed by atoms with Crippen molar-refractivity contribution in [3.8, 4) is 0 Å². The third-order valence-corrected chi connectivity index (χ3v) is 4.82. The van der Waals surface area contributed by atoms with Crippen molar-refractivity contribution in [2.45, 2.75) is 18.6 Å². The highest BCUT2D eigenvalue weighted by atomic mass is 16.5. The predicted octanol–water partition coefficient (Wildman–Crippen LogP) is 2.50. The largest absolute Gasteiger partial charge is 0.380 e. The van der Waals surface area contributed by atoms with Crippen LogP contribution in [0.25, 0.3) is 10.9 Å². The predicted molar refractivity (Wildman–Crippen MR) is 90.7 cm³/mol. The van der Waals surface area contributed by atoms with E-state index in [4.69, 9.17) is 4.74 Å². The molecule has 1 saturated heterocycles. The first-order chi connectivity index (χ1) is 11.7. The molecule has 0 radical (unpaired) electrons. The highest BCUT2D eigenvalue weighted by molar-refractivity contribution is 6.07. The first-order valence-electron chi connectivity index (χ1n) is 8.06. The Kier molecular flexibility index (Phi) is 3.61. The number of carbonyl (C=O) groups is 1. The van der Waals surface area contributed by atoms with E-state index in [0.29, 0.717) is 6.54 Å². The number of hydrogen-bond donors (Lipinski definition) is 1. The zero-order chi connectivity index (χ0) is 16.7. The van der Waals surface area contributed by atoms with E-state index < -0.39 is 0 Å². The van der Waals surface area contributed by atoms with E-state index in [1.54, 1.807) is 19.5 Å². The Morgan fingerprint density at radius 3 is 2.96 bits per heavy atom. The lowest BCUT2D eigenvalue weighted by Gasteiger charge is -2.22. The maximum atomic E-state index is 13.3. The molecule has 6 heteroatoms. The van der Waals surface area contributed by atoms with Crippen LogP contribution in [0.4, 0.5) is 0 Å². The second kappa shape index (κ2) is 5.79. The minimum absolute atomic E-state index is 0.0211. The smallest absolute Gasteiger partial charge is 0.256 e. The number of aromatic amines is 1. The molecule has 1 N–H and O–H groups in total. The van der Waals surface area contributed by atoms with Gasteiger partial charge in [-0.05, 0) is 6.07 Å². The number of amides is 1. The third kappa shape index (κ3) is 2.30. The number of nitrogens with one attached hydrogen (secondary N) is 1. The van der Waals surface area contributed by atoms with Gasteiger partial charge < -0.3 is 19.2 Å². The van der Waals surface area contributed by atoms with Crippen LogP contribution < -0.4 is 0 Å². The van der Waals surface area contributed by atoms with Crippen LogP contribution in [0.5, 0.6) is 0 Å². The number of benzene rings is 1. The van der Waals surface area contributed by atoms with Crippen molar-refractivity contribution in [3.63, 3.8) is 0 Å². The van der Waals surface area contributed by atoms with Crippen LogP contribution in [-0.2, 0) is 11.8 Å². The number of aryl methyl sites for hydroxylation is 1. The lowest BCUT2D eigenvalue weighted by atomic mass is 10.1. The molecule has 1 unspecified atom stereocenters. The zero-order valence-corrected chi connectivity index (χ0v) is 13.8. The highest BCUT2D eigenvalue weighted by Crippen LogP contribution is 2.34. The Morgan fingerprint density at radius 1 is 1.38 bits per heavy atom. The van der Waals surface area contributed by atoms with E-state index in [1.807, 2.05) is 47.0 Å². The van der Waals surface area contributed by atoms with Crippen LogP contribution in [0.2, 0.25) is 0 Å². The molecule has 2 atom stereocenters. The molecule has 4 rings (SSSR count). The number of para-hydroxylation sites is 1. The number of fused-ring (bicyclic) bond motifs is 1. The van der Waals surface area contributed by atoms with E-state index in [2.05, 4.69) is 9.97 Å². The SMILES string of the molecule is CO[C@@H]1CC(c2ncc[nH]2)N(C(=O)c2cn(C)c3ccccc23)C1. The van der Waals surface area contributed by atoms with Crippen LogP contribution >= 0.6 is 0 Å². The number of imidazole rings is 1. The standard InChI is InChI=1S/C18H20N4O2/c1-21-11-14(13-5-3-4-6-15(13)21)18(23)22-10-12(24-2)9-16(22)17-19-7-8-20-17/h3-8,11-12,16H,9-10H2,1-2H3,(H,19,20)/t12-,16?/m1/s1. The highest BCUT2D eigenvalue weighted by Gasteiger charge is 2.38. The normalized spacial score (nSPS) is 20.8. The van der Waals surface area contributed by atoms with Crippen molar-refractivity contribution in [2.24, 2.45) is 7.05 Å². The lowest BCUT2D eigenvalue weighted by molar-refractivity contribution is 0.0686. The molecule has 3 aromatic rings. The van der Waals surface area contributed by atoms with Crippen molar-refractivity contribution in [1.82, 2.24) is 19.4 Å². The second-order valence-corrected chi connectivity index (χ2v) is 6.21. The number of likely N-dealkylation sites (tertiary alicyclic amines) is 1. The second-order valence-electron chi connectivity index (χ2n) is 6.21. The van der Waals surface area contributed by atoms with Gasteiger partial charge in [0.15, 0.2) is 0 Å². The van der Waals surface area contributed by atoms with Crippen molar-refractivity contribution in [1.29, 1.82) is 0 Å². The van der Waals surface area contributed by atoms with Gasteiger partial charge >= 0.3 is 0 Å². The third-order valence-electron chi connectivity index (χ3n) is 4.82. The molecule has 124 valence electrons. The fourth-order valence-electron chi connectivity index (χ4n) is 3.58. The number of H-pyrrole nitrogens is 1. The summed E-state index contributed by atoms with van der Waals surface area (Å²) in [5.41, 5.74) is 1.78. The zero-order valence-electron chi connectivity index (χ0n) is 13.8. The summed E-state index contributed by atoms with van der Waals surface area (Å²) in [6.45, 7) is 0.573. The van der Waals surface area contributed by atoms with Gasteiger partial charge in [0.2, 0.25) is 0 Å². The van der Waals surface area contributed by atoms with Crippen LogP contribution in [0, 0.1) is 0 Å². The fourth-order valence-corrected chi connectivity index (χ4v) is 3.58. The van der Waals surface area contributed by atoms with Gasteiger partial charge in [-0.2, -0.15) is 0 Å². The maximum absolute atomic E-state index is 13.3. The summed E-state index contributed by atoms with van der Waals surface area (Å²) in [4.78, 5) is 22.6. The molecule has 6 nitrogen and oxygen atoms in total. The molecule has 2 aromatic heterocycles. The average Bonchev–Trinajstić information content (AvgIpc) is 3.33. The Labute approximate surface area is 140 Å². The van der Waals surface area contributed by atoms with E-state index >= 15 is 0 Å². The van der Waals surface area contributed by atoms with E-state index in [0.717, 1.165) is 28.7 Å². The lowest BCUT2D eigenvalue weighted by Crippen LogP contribution is -2.32. The molecule has 1 aromatic carbocycles. The monoisotopic (exact) mass is 324 g/mol. The molecular weight excluding hydrogens is 304 g/mol. The minimum Gasteiger partial charge on any atom is -0.380 e. The summed E-state index contributed by atoms with van der Waals surface area (Å²) in [7, 11) is 3.65. The number of rotatable bonds is 3. The van der Waals surface area contributed by atoms with Gasteiger partial charge in [0, 0.05) is 56.6 Å². The quantitative estimate of drug-likeness (QED) is 0.805. The summed E-state index contributed by atoms with van der Waals surface area (Å²) in [5.74, 6) is 0.830. The fraction of sp³-hybridized carbons (Fsp3) is 0.333. The first-order valence-corrected chi connectivity index (χ1v) is 8.06. The van der Waals surface area contributed by atoms with Crippen LogP contribution in [0.3, 0.4) is 0 Å². The topological polar surface area (TPSA) is 63.1 Å². The number of ether oxygens (including phenoxy) is 1. The molecule has 1 fully saturated rings. The van der Waals surface area contributed by atoms with Gasteiger partial charge in [-0.1, -0.05) is 18.2 Å². The number of carbonyl (C=O) groups excluding carboxylic acids is 1. The van der Waals surface area contributed by atoms with Crippen molar-refractivity contribution >= 4 is 16.8 Å². The van der Waals surface area contributed by atoms with Crippen LogP contribution in [0.1, 0.15) is 28.6 Å². The van der Waals surface area contributed by atoms with Crippen LogP contribution in [-0.4, -0.2) is 45.1 Å². The van der Waals surface area contributed by atoms with Gasteiger partial charge in [0.1, 0.15) is 5.82 Å². The minimum atomic E-state index is -0.0866. The summed E-state index contributed by atoms with van der Waals surface area (Å²) in [5, 5.41) is 0.976. The maximum Gasteiger partial charge on any atom is 0.256 e. The van der Waals surface area contributed by atoms with E-state index in [9.17, 15) is 4.79 Å². The molecule has 1 aliphatic heterocycles. The number of methoxy groups -OCH3 is 1. The van der Waals surface area contributed by atoms with Crippen LogP contribution in [0.15, 0.2) is 42.9 Å². The van der Waals surface area contributed by atoms with Gasteiger partial charge in [-0.25, -0.2) is 4.98 Å². The molecule has 1 aliphatic rings. The van der Waals surface area contributed by atoms with Crippen molar-refractivity contribution < 1.29 is 9.53 Å². The molecule has 1 amide bonds. The molecule has 3 heterocycles. The number of aromatic nitrogens is 3. The van der Waals surface area contributed by atoms with Crippen molar-refractivity contribution in [3.05, 3.63) is 54.2 Å². The number of nitrogens with zero attached hydrogens (tertiary/aromatic N) is 3. The first kappa shape index (κ1) is 15.0. The van der Waals surface area contributed by atoms with Gasteiger partial charge in [-0.3, -0.25) is 4.79 Å². The Morgan fingerprint density at radius 2 is 2.21 bits per heavy atom. The molecule has 24 heavy (non-hydrogen) atoms. The van der Waals surface area contributed by atoms with Gasteiger partial charge in [-0.15, -0.1) is 0 Å². The summed E-state index contributed by atoms with van der Waals surface area (Å²) >= 11 is 0. The van der Waals surface area contributed by atoms with Gasteiger partial charge in [0.25, 0.3) is 5.91 Å².